The SMILES string of the molecule is Cc1oncc1C(=O)NCC(C)CC(=O)O. The maximum Gasteiger partial charge on any atom is 0.303 e. The van der Waals surface area contributed by atoms with Crippen LogP contribution in [0.3, 0.4) is 0 Å². The van der Waals surface area contributed by atoms with Gasteiger partial charge in [-0.15, -0.1) is 0 Å². The van der Waals surface area contributed by atoms with Crippen LogP contribution in [0.25, 0.3) is 0 Å². The Labute approximate surface area is 92.6 Å². The van der Waals surface area contributed by atoms with Crippen LogP contribution in [0.15, 0.2) is 10.7 Å². The number of nitrogens with zero attached hydrogens (tertiary/aromatic N) is 1. The van der Waals surface area contributed by atoms with Crippen molar-refractivity contribution in [1.29, 1.82) is 0 Å². The molecule has 0 bridgehead atoms. The summed E-state index contributed by atoms with van der Waals surface area (Å²) in [6, 6.07) is 0. The predicted molar refractivity (Wildman–Crippen MR) is 55.0 cm³/mol. The number of carboxylic acids is 1. The van der Waals surface area contributed by atoms with Crippen molar-refractivity contribution in [3.63, 3.8) is 0 Å². The van der Waals surface area contributed by atoms with E-state index in [0.29, 0.717) is 17.9 Å². The van der Waals surface area contributed by atoms with Crippen molar-refractivity contribution in [3.8, 4) is 0 Å². The van der Waals surface area contributed by atoms with Gasteiger partial charge in [-0.25, -0.2) is 0 Å². The normalized spacial score (nSPS) is 12.1. The molecule has 0 radical (unpaired) electrons. The molecule has 1 unspecified atom stereocenters. The number of aromatic nitrogens is 1. The number of carbonyl (C=O) groups excluding carboxylic acids is 1. The summed E-state index contributed by atoms with van der Waals surface area (Å²) >= 11 is 0. The first kappa shape index (κ1) is 12.2. The maximum absolute atomic E-state index is 11.6. The second-order valence-corrected chi connectivity index (χ2v) is 3.71. The van der Waals surface area contributed by atoms with Crippen molar-refractivity contribution in [2.75, 3.05) is 6.54 Å². The van der Waals surface area contributed by atoms with Gasteiger partial charge in [-0.3, -0.25) is 9.59 Å². The number of carbonyl (C=O) groups is 2. The molecule has 2 N–H and O–H groups in total. The average Bonchev–Trinajstić information content (AvgIpc) is 2.60. The molecule has 0 aliphatic rings. The average molecular weight is 226 g/mol. The number of amides is 1. The third-order valence-corrected chi connectivity index (χ3v) is 2.13. The number of carboxylic acid groups (broad SMARTS) is 1. The van der Waals surface area contributed by atoms with E-state index >= 15 is 0 Å². The Bertz CT molecular complexity index is 386. The number of aryl methyl sites for hydroxylation is 1. The first-order valence-electron chi connectivity index (χ1n) is 4.92. The molecule has 0 aromatic carbocycles. The molecule has 6 heteroatoms. The van der Waals surface area contributed by atoms with Crippen LogP contribution in [0.5, 0.6) is 0 Å². The summed E-state index contributed by atoms with van der Waals surface area (Å²) in [6.07, 6.45) is 1.37. The van der Waals surface area contributed by atoms with Gasteiger partial charge in [0, 0.05) is 13.0 Å². The summed E-state index contributed by atoms with van der Waals surface area (Å²) in [5, 5.41) is 14.7. The fourth-order valence-corrected chi connectivity index (χ4v) is 1.25. The van der Waals surface area contributed by atoms with Crippen molar-refractivity contribution in [3.05, 3.63) is 17.5 Å². The highest BCUT2D eigenvalue weighted by molar-refractivity contribution is 5.94. The smallest absolute Gasteiger partial charge is 0.303 e. The van der Waals surface area contributed by atoms with E-state index < -0.39 is 5.97 Å². The monoisotopic (exact) mass is 226 g/mol. The lowest BCUT2D eigenvalue weighted by Crippen LogP contribution is -2.29. The van der Waals surface area contributed by atoms with Gasteiger partial charge in [0.25, 0.3) is 5.91 Å². The van der Waals surface area contributed by atoms with Crippen LogP contribution in [0.1, 0.15) is 29.5 Å². The molecule has 1 amide bonds. The van der Waals surface area contributed by atoms with Crippen LogP contribution >= 0.6 is 0 Å². The van der Waals surface area contributed by atoms with Gasteiger partial charge in [-0.05, 0) is 12.8 Å². The Hall–Kier alpha value is -1.85. The highest BCUT2D eigenvalue weighted by Gasteiger charge is 2.14. The largest absolute Gasteiger partial charge is 0.481 e. The summed E-state index contributed by atoms with van der Waals surface area (Å²) in [5.74, 6) is -0.830. The van der Waals surface area contributed by atoms with Crippen molar-refractivity contribution < 1.29 is 19.2 Å². The first-order valence-corrected chi connectivity index (χ1v) is 4.92. The molecule has 1 rings (SSSR count). The Balaban J connectivity index is 2.42. The zero-order valence-corrected chi connectivity index (χ0v) is 9.19. The molecule has 16 heavy (non-hydrogen) atoms. The Morgan fingerprint density at radius 1 is 1.62 bits per heavy atom. The minimum absolute atomic E-state index is 0.0307. The van der Waals surface area contributed by atoms with E-state index in [4.69, 9.17) is 9.63 Å². The number of aliphatic carboxylic acids is 1. The topological polar surface area (TPSA) is 92.4 Å². The molecular weight excluding hydrogens is 212 g/mol. The van der Waals surface area contributed by atoms with Crippen molar-refractivity contribution in [1.82, 2.24) is 10.5 Å². The number of rotatable bonds is 5. The molecule has 88 valence electrons. The predicted octanol–water partition coefficient (Wildman–Crippen LogP) is 0.824. The molecule has 0 saturated heterocycles. The van der Waals surface area contributed by atoms with Crippen LogP contribution in [-0.2, 0) is 4.79 Å². The van der Waals surface area contributed by atoms with E-state index in [-0.39, 0.29) is 18.2 Å². The van der Waals surface area contributed by atoms with Gasteiger partial charge >= 0.3 is 5.97 Å². The van der Waals surface area contributed by atoms with Gasteiger partial charge in [-0.1, -0.05) is 12.1 Å². The van der Waals surface area contributed by atoms with Gasteiger partial charge < -0.3 is 14.9 Å². The van der Waals surface area contributed by atoms with Gasteiger partial charge in [0.05, 0.1) is 6.20 Å². The van der Waals surface area contributed by atoms with Crippen molar-refractivity contribution in [2.24, 2.45) is 5.92 Å². The molecule has 1 aromatic heterocycles. The molecule has 0 spiro atoms. The highest BCUT2D eigenvalue weighted by atomic mass is 16.5. The van der Waals surface area contributed by atoms with E-state index in [2.05, 4.69) is 10.5 Å². The zero-order valence-electron chi connectivity index (χ0n) is 9.19. The third kappa shape index (κ3) is 3.38. The highest BCUT2D eigenvalue weighted by Crippen LogP contribution is 2.06. The number of hydrogen-bond donors (Lipinski definition) is 2. The molecular formula is C10H14N2O4. The van der Waals surface area contributed by atoms with Crippen molar-refractivity contribution in [2.45, 2.75) is 20.3 Å². The fourth-order valence-electron chi connectivity index (χ4n) is 1.25. The van der Waals surface area contributed by atoms with Crippen LogP contribution in [0.2, 0.25) is 0 Å². The van der Waals surface area contributed by atoms with Gasteiger partial charge in [0.1, 0.15) is 11.3 Å². The second kappa shape index (κ2) is 5.29. The number of nitrogens with one attached hydrogen (secondary N) is 1. The van der Waals surface area contributed by atoms with Crippen LogP contribution < -0.4 is 5.32 Å². The van der Waals surface area contributed by atoms with Gasteiger partial charge in [0.15, 0.2) is 0 Å². The third-order valence-electron chi connectivity index (χ3n) is 2.13. The molecule has 1 aromatic rings. The quantitative estimate of drug-likeness (QED) is 0.775. The number of hydrogen-bond acceptors (Lipinski definition) is 4. The van der Waals surface area contributed by atoms with Crippen LogP contribution in [0, 0.1) is 12.8 Å². The standard InChI is InChI=1S/C10H14N2O4/c1-6(3-9(13)14)4-11-10(15)8-5-12-16-7(8)2/h5-6H,3-4H2,1-2H3,(H,11,15)(H,13,14). The van der Waals surface area contributed by atoms with Crippen LogP contribution in [-0.4, -0.2) is 28.7 Å². The Kier molecular flexibility index (Phi) is 4.04. The molecule has 0 fully saturated rings. The summed E-state index contributed by atoms with van der Waals surface area (Å²) < 4.78 is 4.75. The lowest BCUT2D eigenvalue weighted by molar-refractivity contribution is -0.137. The molecule has 0 aliphatic heterocycles. The Morgan fingerprint density at radius 3 is 2.81 bits per heavy atom. The van der Waals surface area contributed by atoms with E-state index in [0.717, 1.165) is 0 Å². The zero-order chi connectivity index (χ0) is 12.1. The van der Waals surface area contributed by atoms with Gasteiger partial charge in [-0.2, -0.15) is 0 Å². The lowest BCUT2D eigenvalue weighted by atomic mass is 10.1. The Morgan fingerprint density at radius 2 is 2.31 bits per heavy atom. The van der Waals surface area contributed by atoms with E-state index in [1.165, 1.54) is 6.20 Å². The summed E-state index contributed by atoms with van der Waals surface area (Å²) in [7, 11) is 0. The van der Waals surface area contributed by atoms with Gasteiger partial charge in [0.2, 0.25) is 0 Å². The fraction of sp³-hybridized carbons (Fsp3) is 0.500. The molecule has 1 atom stereocenters. The molecule has 1 heterocycles. The molecule has 0 saturated carbocycles. The lowest BCUT2D eigenvalue weighted by Gasteiger charge is -2.09. The van der Waals surface area contributed by atoms with Crippen molar-refractivity contribution >= 4 is 11.9 Å². The van der Waals surface area contributed by atoms with E-state index in [1.54, 1.807) is 13.8 Å². The summed E-state index contributed by atoms with van der Waals surface area (Å²) in [4.78, 5) is 22.0. The van der Waals surface area contributed by atoms with E-state index in [9.17, 15) is 9.59 Å². The molecule has 6 nitrogen and oxygen atoms in total. The minimum atomic E-state index is -0.872. The van der Waals surface area contributed by atoms with E-state index in [1.807, 2.05) is 0 Å². The second-order valence-electron chi connectivity index (χ2n) is 3.71. The van der Waals surface area contributed by atoms with Crippen LogP contribution in [0.4, 0.5) is 0 Å². The first-order chi connectivity index (χ1) is 7.50. The maximum atomic E-state index is 11.6. The molecule has 0 aliphatic carbocycles. The summed E-state index contributed by atoms with van der Waals surface area (Å²) in [6.45, 7) is 3.72. The summed E-state index contributed by atoms with van der Waals surface area (Å²) in [5.41, 5.74) is 0.377. The minimum Gasteiger partial charge on any atom is -0.481 e.